The lowest BCUT2D eigenvalue weighted by Crippen LogP contribution is -2.20. The van der Waals surface area contributed by atoms with Gasteiger partial charge in [-0.15, -0.1) is 0 Å². The van der Waals surface area contributed by atoms with Crippen LogP contribution < -0.4 is 0 Å². The number of halogens is 1. The molecule has 0 radical (unpaired) electrons. The van der Waals surface area contributed by atoms with Gasteiger partial charge >= 0.3 is 0 Å². The molecule has 0 aromatic carbocycles. The number of nitriles is 1. The molecule has 0 rings (SSSR count). The molecule has 0 aliphatic rings. The molecule has 0 aliphatic carbocycles. The van der Waals surface area contributed by atoms with Gasteiger partial charge in [0.05, 0.1) is 14.1 Å². The first-order chi connectivity index (χ1) is 4.98. The maximum atomic E-state index is 8.18. The third kappa shape index (κ3) is 4.83. The highest BCUT2D eigenvalue weighted by molar-refractivity contribution is 6.91. The Bertz CT molecular complexity index is 217. The van der Waals surface area contributed by atoms with E-state index in [4.69, 9.17) is 16.9 Å². The number of allylic oxidation sites excluding steroid dienone is 3. The van der Waals surface area contributed by atoms with Crippen molar-refractivity contribution in [2.24, 2.45) is 0 Å². The monoisotopic (exact) mass is 185 g/mol. The number of hydrogen-bond donors (Lipinski definition) is 0. The van der Waals surface area contributed by atoms with Crippen LogP contribution in [0.2, 0.25) is 19.6 Å². The lowest BCUT2D eigenvalue weighted by atomic mass is 10.5. The van der Waals surface area contributed by atoms with Gasteiger partial charge in [-0.25, -0.2) is 0 Å². The molecular formula is C8H12ClNSi. The minimum atomic E-state index is -1.34. The normalized spacial score (nSPS) is 13.5. The molecule has 0 unspecified atom stereocenters. The molecule has 1 nitrogen and oxygen atoms in total. The molecule has 0 spiro atoms. The lowest BCUT2D eigenvalue weighted by molar-refractivity contribution is 1.53. The summed E-state index contributed by atoms with van der Waals surface area (Å²) in [4.78, 5) is 0. The average molecular weight is 186 g/mol. The van der Waals surface area contributed by atoms with Gasteiger partial charge < -0.3 is 0 Å². The molecule has 0 amide bonds. The second-order valence-corrected chi connectivity index (χ2v) is 9.02. The quantitative estimate of drug-likeness (QED) is 0.369. The van der Waals surface area contributed by atoms with E-state index < -0.39 is 8.07 Å². The second kappa shape index (κ2) is 4.37. The Hall–Kier alpha value is -0.523. The van der Waals surface area contributed by atoms with Crippen molar-refractivity contribution >= 4 is 19.7 Å². The molecule has 11 heavy (non-hydrogen) atoms. The predicted octanol–water partition coefficient (Wildman–Crippen LogP) is 3.07. The molecule has 0 aromatic rings. The van der Waals surface area contributed by atoms with Gasteiger partial charge in [0.25, 0.3) is 0 Å². The van der Waals surface area contributed by atoms with E-state index in [2.05, 4.69) is 19.6 Å². The van der Waals surface area contributed by atoms with Gasteiger partial charge in [-0.3, -0.25) is 0 Å². The SMILES string of the molecule is C[Si](C)(C)/C(Cl)=C\C=C/C#N. The molecular weight excluding hydrogens is 174 g/mol. The van der Waals surface area contributed by atoms with Crippen LogP contribution in [0.15, 0.2) is 22.9 Å². The zero-order valence-electron chi connectivity index (χ0n) is 7.06. The third-order valence-corrected chi connectivity index (χ3v) is 4.56. The summed E-state index contributed by atoms with van der Waals surface area (Å²) in [7, 11) is -1.34. The molecule has 0 bridgehead atoms. The Kier molecular flexibility index (Phi) is 4.17. The molecule has 60 valence electrons. The summed E-state index contributed by atoms with van der Waals surface area (Å²) in [5.41, 5.74) is 0. The summed E-state index contributed by atoms with van der Waals surface area (Å²) in [5, 5.41) is 8.18. The van der Waals surface area contributed by atoms with Gasteiger partial charge in [0.1, 0.15) is 0 Å². The summed E-state index contributed by atoms with van der Waals surface area (Å²) in [6.07, 6.45) is 4.90. The number of hydrogen-bond acceptors (Lipinski definition) is 1. The van der Waals surface area contributed by atoms with E-state index in [0.717, 1.165) is 4.66 Å². The van der Waals surface area contributed by atoms with Crippen LogP contribution in [0.1, 0.15) is 0 Å². The highest BCUT2D eigenvalue weighted by atomic mass is 35.5. The summed E-state index contributed by atoms with van der Waals surface area (Å²) >= 11 is 5.95. The maximum Gasteiger partial charge on any atom is 0.0922 e. The summed E-state index contributed by atoms with van der Waals surface area (Å²) in [6, 6.07) is 1.91. The van der Waals surface area contributed by atoms with Gasteiger partial charge in [-0.2, -0.15) is 5.26 Å². The molecule has 0 N–H and O–H groups in total. The molecule has 0 heterocycles. The Morgan fingerprint density at radius 2 is 2.00 bits per heavy atom. The van der Waals surface area contributed by atoms with Crippen molar-refractivity contribution < 1.29 is 0 Å². The fourth-order valence-electron chi connectivity index (χ4n) is 0.426. The van der Waals surface area contributed by atoms with Crippen LogP contribution in [-0.2, 0) is 0 Å². The van der Waals surface area contributed by atoms with E-state index in [9.17, 15) is 0 Å². The molecule has 0 fully saturated rings. The van der Waals surface area contributed by atoms with Crippen LogP contribution in [-0.4, -0.2) is 8.07 Å². The van der Waals surface area contributed by atoms with Crippen molar-refractivity contribution in [2.75, 3.05) is 0 Å². The minimum Gasteiger partial charge on any atom is -0.193 e. The average Bonchev–Trinajstić information content (AvgIpc) is 1.86. The third-order valence-electron chi connectivity index (χ3n) is 1.13. The van der Waals surface area contributed by atoms with Gasteiger partial charge in [0.15, 0.2) is 0 Å². The fraction of sp³-hybridized carbons (Fsp3) is 0.375. The van der Waals surface area contributed by atoms with Gasteiger partial charge in [-0.05, 0) is 0 Å². The molecule has 0 aromatic heterocycles. The first-order valence-electron chi connectivity index (χ1n) is 3.41. The van der Waals surface area contributed by atoms with Gasteiger partial charge in [-0.1, -0.05) is 43.4 Å². The van der Waals surface area contributed by atoms with Gasteiger partial charge in [0.2, 0.25) is 0 Å². The lowest BCUT2D eigenvalue weighted by Gasteiger charge is -2.13. The van der Waals surface area contributed by atoms with Crippen molar-refractivity contribution in [1.29, 1.82) is 5.26 Å². The summed E-state index contributed by atoms with van der Waals surface area (Å²) in [6.45, 7) is 6.48. The highest BCUT2D eigenvalue weighted by Crippen LogP contribution is 2.17. The first-order valence-corrected chi connectivity index (χ1v) is 7.28. The second-order valence-electron chi connectivity index (χ2n) is 3.25. The number of rotatable bonds is 2. The highest BCUT2D eigenvalue weighted by Gasteiger charge is 2.16. The Labute approximate surface area is 74.0 Å². The zero-order valence-corrected chi connectivity index (χ0v) is 8.81. The van der Waals surface area contributed by atoms with Crippen LogP contribution in [0.4, 0.5) is 0 Å². The van der Waals surface area contributed by atoms with Crippen molar-refractivity contribution in [3.63, 3.8) is 0 Å². The minimum absolute atomic E-state index is 0.893. The van der Waals surface area contributed by atoms with E-state index in [1.807, 2.05) is 6.07 Å². The molecule has 0 saturated heterocycles. The smallest absolute Gasteiger partial charge is 0.0922 e. The van der Waals surface area contributed by atoms with Crippen LogP contribution in [0.25, 0.3) is 0 Å². The molecule has 0 aliphatic heterocycles. The fourth-order valence-corrected chi connectivity index (χ4v) is 1.09. The summed E-state index contributed by atoms with van der Waals surface area (Å²) in [5.74, 6) is 0. The van der Waals surface area contributed by atoms with Crippen LogP contribution in [0.5, 0.6) is 0 Å². The van der Waals surface area contributed by atoms with Crippen molar-refractivity contribution in [2.45, 2.75) is 19.6 Å². The Balaban J connectivity index is 4.26. The van der Waals surface area contributed by atoms with Crippen LogP contribution >= 0.6 is 11.6 Å². The van der Waals surface area contributed by atoms with Crippen LogP contribution in [0.3, 0.4) is 0 Å². The van der Waals surface area contributed by atoms with Crippen LogP contribution in [0, 0.1) is 11.3 Å². The molecule has 0 saturated carbocycles. The van der Waals surface area contributed by atoms with E-state index in [-0.39, 0.29) is 0 Å². The van der Waals surface area contributed by atoms with E-state index in [0.29, 0.717) is 0 Å². The topological polar surface area (TPSA) is 23.8 Å². The number of nitrogens with zero attached hydrogens (tertiary/aromatic N) is 1. The van der Waals surface area contributed by atoms with Crippen molar-refractivity contribution in [3.05, 3.63) is 22.9 Å². The van der Waals surface area contributed by atoms with Gasteiger partial charge in [0, 0.05) is 10.7 Å². The zero-order chi connectivity index (χ0) is 8.91. The van der Waals surface area contributed by atoms with E-state index >= 15 is 0 Å². The standard InChI is InChI=1S/C8H12ClNSi/c1-11(2,3)8(9)6-4-5-7-10/h4-6H,1-3H3/b5-4-,8-6-. The molecule has 3 heteroatoms. The maximum absolute atomic E-state index is 8.18. The summed E-state index contributed by atoms with van der Waals surface area (Å²) < 4.78 is 0.893. The Morgan fingerprint density at radius 3 is 2.36 bits per heavy atom. The van der Waals surface area contributed by atoms with E-state index in [1.54, 1.807) is 12.2 Å². The molecule has 0 atom stereocenters. The first kappa shape index (κ1) is 10.5. The van der Waals surface area contributed by atoms with Crippen molar-refractivity contribution in [1.82, 2.24) is 0 Å². The van der Waals surface area contributed by atoms with E-state index in [1.165, 1.54) is 6.08 Å². The van der Waals surface area contributed by atoms with Crippen molar-refractivity contribution in [3.8, 4) is 6.07 Å². The predicted molar refractivity (Wildman–Crippen MR) is 52.0 cm³/mol. The largest absolute Gasteiger partial charge is 0.193 e. The Morgan fingerprint density at radius 1 is 1.45 bits per heavy atom.